The van der Waals surface area contributed by atoms with Crippen molar-refractivity contribution >= 4 is 11.9 Å². The van der Waals surface area contributed by atoms with Crippen molar-refractivity contribution in [3.8, 4) is 5.75 Å². The van der Waals surface area contributed by atoms with Crippen LogP contribution in [-0.2, 0) is 9.63 Å². The average Bonchev–Trinajstić information content (AvgIpc) is 2.28. The van der Waals surface area contributed by atoms with Gasteiger partial charge in [-0.3, -0.25) is 9.63 Å². The predicted octanol–water partition coefficient (Wildman–Crippen LogP) is 0.441. The van der Waals surface area contributed by atoms with Crippen molar-refractivity contribution in [2.75, 3.05) is 13.7 Å². The molecule has 0 spiro atoms. The number of ether oxygens (including phenoxy) is 1. The number of nitrogens with one attached hydrogen (secondary N) is 1. The SMILES string of the molecule is COc1ccc(C(=O)NOCC(=O)O)cc1. The number of methoxy groups -OCH3 is 1. The molecule has 0 aliphatic rings. The van der Waals surface area contributed by atoms with Crippen LogP contribution in [0, 0.1) is 0 Å². The van der Waals surface area contributed by atoms with E-state index in [1.165, 1.54) is 19.2 Å². The summed E-state index contributed by atoms with van der Waals surface area (Å²) in [5.41, 5.74) is 2.36. The molecule has 0 atom stereocenters. The van der Waals surface area contributed by atoms with Gasteiger partial charge < -0.3 is 9.84 Å². The Morgan fingerprint density at radius 1 is 1.31 bits per heavy atom. The number of benzene rings is 1. The van der Waals surface area contributed by atoms with Crippen molar-refractivity contribution < 1.29 is 24.3 Å². The van der Waals surface area contributed by atoms with Crippen LogP contribution in [0.25, 0.3) is 0 Å². The fourth-order valence-corrected chi connectivity index (χ4v) is 0.965. The normalized spacial score (nSPS) is 9.56. The van der Waals surface area contributed by atoms with E-state index in [9.17, 15) is 9.59 Å². The first-order valence-electron chi connectivity index (χ1n) is 4.41. The lowest BCUT2D eigenvalue weighted by atomic mass is 10.2. The van der Waals surface area contributed by atoms with Crippen LogP contribution in [0.3, 0.4) is 0 Å². The van der Waals surface area contributed by atoms with Crippen molar-refractivity contribution in [3.05, 3.63) is 29.8 Å². The molecular formula is C10H11NO5. The van der Waals surface area contributed by atoms with E-state index in [0.717, 1.165) is 0 Å². The smallest absolute Gasteiger partial charge is 0.332 e. The predicted molar refractivity (Wildman–Crippen MR) is 54.0 cm³/mol. The Morgan fingerprint density at radius 2 is 1.94 bits per heavy atom. The van der Waals surface area contributed by atoms with Crippen molar-refractivity contribution in [2.24, 2.45) is 0 Å². The summed E-state index contributed by atoms with van der Waals surface area (Å²) >= 11 is 0. The molecule has 0 fully saturated rings. The van der Waals surface area contributed by atoms with Gasteiger partial charge in [0.1, 0.15) is 5.75 Å². The molecule has 0 saturated carbocycles. The Balaban J connectivity index is 2.49. The van der Waals surface area contributed by atoms with Gasteiger partial charge in [-0.2, -0.15) is 0 Å². The maximum atomic E-state index is 11.4. The topological polar surface area (TPSA) is 84.9 Å². The Kier molecular flexibility index (Phi) is 4.28. The van der Waals surface area contributed by atoms with E-state index in [-0.39, 0.29) is 0 Å². The zero-order chi connectivity index (χ0) is 12.0. The third kappa shape index (κ3) is 3.58. The van der Waals surface area contributed by atoms with E-state index in [4.69, 9.17) is 9.84 Å². The molecular weight excluding hydrogens is 214 g/mol. The molecule has 1 aromatic carbocycles. The second-order valence-electron chi connectivity index (χ2n) is 2.84. The third-order valence-corrected chi connectivity index (χ3v) is 1.71. The summed E-state index contributed by atoms with van der Waals surface area (Å²) in [4.78, 5) is 25.9. The van der Waals surface area contributed by atoms with E-state index >= 15 is 0 Å². The number of rotatable bonds is 5. The highest BCUT2D eigenvalue weighted by atomic mass is 16.7. The lowest BCUT2D eigenvalue weighted by Gasteiger charge is -2.04. The first-order chi connectivity index (χ1) is 7.63. The summed E-state index contributed by atoms with van der Waals surface area (Å²) in [6.07, 6.45) is 0. The van der Waals surface area contributed by atoms with Crippen LogP contribution in [0.2, 0.25) is 0 Å². The molecule has 86 valence electrons. The first-order valence-corrected chi connectivity index (χ1v) is 4.41. The van der Waals surface area contributed by atoms with Crippen LogP contribution in [0.1, 0.15) is 10.4 Å². The van der Waals surface area contributed by atoms with Gasteiger partial charge in [0.2, 0.25) is 0 Å². The maximum Gasteiger partial charge on any atom is 0.332 e. The highest BCUT2D eigenvalue weighted by Gasteiger charge is 2.06. The second-order valence-corrected chi connectivity index (χ2v) is 2.84. The largest absolute Gasteiger partial charge is 0.497 e. The number of carbonyl (C=O) groups excluding carboxylic acids is 1. The molecule has 16 heavy (non-hydrogen) atoms. The van der Waals surface area contributed by atoms with Gasteiger partial charge in [-0.15, -0.1) is 0 Å². The monoisotopic (exact) mass is 225 g/mol. The van der Waals surface area contributed by atoms with Crippen LogP contribution in [-0.4, -0.2) is 30.7 Å². The van der Waals surface area contributed by atoms with Crippen molar-refractivity contribution in [1.29, 1.82) is 0 Å². The highest BCUT2D eigenvalue weighted by Crippen LogP contribution is 2.10. The van der Waals surface area contributed by atoms with Crippen molar-refractivity contribution in [2.45, 2.75) is 0 Å². The molecule has 0 unspecified atom stereocenters. The van der Waals surface area contributed by atoms with Gasteiger partial charge in [0.15, 0.2) is 6.61 Å². The number of hydrogen-bond donors (Lipinski definition) is 2. The molecule has 2 N–H and O–H groups in total. The minimum atomic E-state index is -1.16. The van der Waals surface area contributed by atoms with E-state index in [0.29, 0.717) is 11.3 Å². The van der Waals surface area contributed by atoms with E-state index < -0.39 is 18.5 Å². The minimum Gasteiger partial charge on any atom is -0.497 e. The van der Waals surface area contributed by atoms with Crippen LogP contribution in [0.5, 0.6) is 5.75 Å². The second kappa shape index (κ2) is 5.72. The molecule has 1 amide bonds. The van der Waals surface area contributed by atoms with E-state index in [2.05, 4.69) is 4.84 Å². The number of carboxylic acids is 1. The fraction of sp³-hybridized carbons (Fsp3) is 0.200. The molecule has 0 aliphatic carbocycles. The van der Waals surface area contributed by atoms with Crippen molar-refractivity contribution in [3.63, 3.8) is 0 Å². The Hall–Kier alpha value is -2.08. The van der Waals surface area contributed by atoms with Gasteiger partial charge in [0.05, 0.1) is 7.11 Å². The maximum absolute atomic E-state index is 11.4. The van der Waals surface area contributed by atoms with Crippen LogP contribution < -0.4 is 10.2 Å². The molecule has 0 aliphatic heterocycles. The molecule has 1 aromatic rings. The molecule has 0 aromatic heterocycles. The first kappa shape index (κ1) is 12.0. The number of amides is 1. The van der Waals surface area contributed by atoms with Gasteiger partial charge >= 0.3 is 5.97 Å². The molecule has 0 saturated heterocycles. The number of carbonyl (C=O) groups is 2. The number of aliphatic carboxylic acids is 1. The zero-order valence-corrected chi connectivity index (χ0v) is 8.60. The Bertz CT molecular complexity index is 373. The quantitative estimate of drug-likeness (QED) is 0.710. The number of hydroxylamine groups is 1. The fourth-order valence-electron chi connectivity index (χ4n) is 0.965. The van der Waals surface area contributed by atoms with Gasteiger partial charge in [0, 0.05) is 5.56 Å². The molecule has 0 radical (unpaired) electrons. The zero-order valence-electron chi connectivity index (χ0n) is 8.60. The minimum absolute atomic E-state index is 0.353. The van der Waals surface area contributed by atoms with Gasteiger partial charge in [-0.05, 0) is 24.3 Å². The van der Waals surface area contributed by atoms with Crippen molar-refractivity contribution in [1.82, 2.24) is 5.48 Å². The molecule has 6 nitrogen and oxygen atoms in total. The van der Waals surface area contributed by atoms with E-state index in [1.54, 1.807) is 12.1 Å². The summed E-state index contributed by atoms with van der Waals surface area (Å²) in [7, 11) is 1.52. The lowest BCUT2D eigenvalue weighted by Crippen LogP contribution is -2.26. The molecule has 6 heteroatoms. The standard InChI is InChI=1S/C10H11NO5/c1-15-8-4-2-7(3-5-8)10(14)11-16-6-9(12)13/h2-5H,6H2,1H3,(H,11,14)(H,12,13). The van der Waals surface area contributed by atoms with Gasteiger partial charge in [-0.25, -0.2) is 10.3 Å². The third-order valence-electron chi connectivity index (χ3n) is 1.71. The molecule has 0 bridgehead atoms. The lowest BCUT2D eigenvalue weighted by molar-refractivity contribution is -0.144. The van der Waals surface area contributed by atoms with E-state index in [1.807, 2.05) is 5.48 Å². The Morgan fingerprint density at radius 3 is 2.44 bits per heavy atom. The molecule has 1 rings (SSSR count). The van der Waals surface area contributed by atoms with Crippen LogP contribution in [0.15, 0.2) is 24.3 Å². The summed E-state index contributed by atoms with van der Waals surface area (Å²) in [6.45, 7) is -0.581. The van der Waals surface area contributed by atoms with Crippen LogP contribution in [0.4, 0.5) is 0 Å². The molecule has 0 heterocycles. The van der Waals surface area contributed by atoms with Gasteiger partial charge in [-0.1, -0.05) is 0 Å². The summed E-state index contributed by atoms with van der Waals surface area (Å²) in [5.74, 6) is -1.04. The average molecular weight is 225 g/mol. The van der Waals surface area contributed by atoms with Crippen LogP contribution >= 0.6 is 0 Å². The number of carboxylic acid groups (broad SMARTS) is 1. The summed E-state index contributed by atoms with van der Waals surface area (Å²) in [5, 5.41) is 8.27. The summed E-state index contributed by atoms with van der Waals surface area (Å²) < 4.78 is 4.92. The Labute approximate surface area is 91.7 Å². The highest BCUT2D eigenvalue weighted by molar-refractivity contribution is 5.93. The number of hydrogen-bond acceptors (Lipinski definition) is 4. The summed E-state index contributed by atoms with van der Waals surface area (Å²) in [6, 6.07) is 6.31. The van der Waals surface area contributed by atoms with Gasteiger partial charge in [0.25, 0.3) is 5.91 Å².